The van der Waals surface area contributed by atoms with E-state index in [9.17, 15) is 36.3 Å². The number of carbonyl (C=O) groups is 2. The number of hydrogen-bond acceptors (Lipinski definition) is 7. The van der Waals surface area contributed by atoms with E-state index in [-0.39, 0.29) is 21.9 Å². The van der Waals surface area contributed by atoms with Gasteiger partial charge in [-0.05, 0) is 50.3 Å². The van der Waals surface area contributed by atoms with Gasteiger partial charge in [0, 0.05) is 10.9 Å². The third-order valence-electron chi connectivity index (χ3n) is 4.12. The van der Waals surface area contributed by atoms with Gasteiger partial charge in [-0.2, -0.15) is 21.6 Å². The molecule has 0 aromatic heterocycles. The summed E-state index contributed by atoms with van der Waals surface area (Å²) < 4.78 is 69.7. The van der Waals surface area contributed by atoms with Crippen LogP contribution in [0.5, 0.6) is 0 Å². The maximum Gasteiger partial charge on any atom is 0.525 e. The smallest absolute Gasteiger partial charge is 0.358 e. The van der Waals surface area contributed by atoms with E-state index in [1.807, 2.05) is 0 Å². The lowest BCUT2D eigenvalue weighted by Gasteiger charge is -2.25. The van der Waals surface area contributed by atoms with E-state index >= 15 is 0 Å². The highest BCUT2D eigenvalue weighted by molar-refractivity contribution is 7.87. The average Bonchev–Trinajstić information content (AvgIpc) is 2.65. The monoisotopic (exact) mass is 471 g/mol. The number of amides is 2. The van der Waals surface area contributed by atoms with Crippen LogP contribution in [0.2, 0.25) is 0 Å². The van der Waals surface area contributed by atoms with Crippen LogP contribution in [0.3, 0.4) is 0 Å². The van der Waals surface area contributed by atoms with Crippen molar-refractivity contribution in [2.45, 2.75) is 38.2 Å². The first kappa shape index (κ1) is 23.7. The lowest BCUT2D eigenvalue weighted by atomic mass is 9.92. The normalized spacial score (nSPS) is 15.5. The van der Waals surface area contributed by atoms with E-state index < -0.39 is 44.4 Å². The standard InChI is InChI=1S/C20H16F3NO7S/c1-19(2,3)30-15(25)10-8-11-7-9-14-16-12(11)5-4-6-13(16)17(26)24(18(14)27)31-32(28,29)20(21,22)23/h4-7,9,15,25H,1-3H3. The highest BCUT2D eigenvalue weighted by atomic mass is 32.2. The van der Waals surface area contributed by atoms with Crippen molar-refractivity contribution < 1.29 is 45.3 Å². The zero-order chi connectivity index (χ0) is 24.1. The van der Waals surface area contributed by atoms with Gasteiger partial charge in [-0.3, -0.25) is 9.59 Å². The number of imide groups is 1. The van der Waals surface area contributed by atoms with Crippen molar-refractivity contribution in [3.63, 3.8) is 0 Å². The molecule has 0 spiro atoms. The number of halogens is 3. The number of ether oxygens (including phenoxy) is 1. The number of nitrogens with zero attached hydrogens (tertiary/aromatic N) is 1. The van der Waals surface area contributed by atoms with Gasteiger partial charge in [0.2, 0.25) is 6.29 Å². The Morgan fingerprint density at radius 3 is 2.19 bits per heavy atom. The Hall–Kier alpha value is -2.98. The maximum atomic E-state index is 12.7. The van der Waals surface area contributed by atoms with Crippen LogP contribution in [-0.4, -0.2) is 47.8 Å². The first-order valence-corrected chi connectivity index (χ1v) is 10.4. The van der Waals surface area contributed by atoms with Crippen LogP contribution >= 0.6 is 0 Å². The molecule has 0 aliphatic carbocycles. The molecule has 1 aliphatic rings. The maximum absolute atomic E-state index is 12.7. The summed E-state index contributed by atoms with van der Waals surface area (Å²) in [6.07, 6.45) is -1.43. The van der Waals surface area contributed by atoms with E-state index in [4.69, 9.17) is 4.74 Å². The third kappa shape index (κ3) is 4.46. The van der Waals surface area contributed by atoms with Gasteiger partial charge in [-0.15, -0.1) is 9.35 Å². The quantitative estimate of drug-likeness (QED) is 0.317. The fraction of sp³-hybridized carbons (Fsp3) is 0.300. The summed E-state index contributed by atoms with van der Waals surface area (Å²) in [4.78, 5) is 25.2. The van der Waals surface area contributed by atoms with Crippen LogP contribution in [0.1, 0.15) is 47.1 Å². The topological polar surface area (TPSA) is 110 Å². The Morgan fingerprint density at radius 1 is 1.03 bits per heavy atom. The Labute approximate surface area is 180 Å². The molecule has 0 fully saturated rings. The molecule has 1 aliphatic heterocycles. The van der Waals surface area contributed by atoms with Crippen LogP contribution in [0.15, 0.2) is 30.3 Å². The van der Waals surface area contributed by atoms with Crippen LogP contribution in [0.4, 0.5) is 13.2 Å². The summed E-state index contributed by atoms with van der Waals surface area (Å²) in [6.45, 7) is 5.14. The third-order valence-corrected chi connectivity index (χ3v) is 5.03. The van der Waals surface area contributed by atoms with Gasteiger partial charge >= 0.3 is 15.6 Å². The number of alkyl halides is 3. The minimum Gasteiger partial charge on any atom is -0.358 e. The first-order valence-electron chi connectivity index (χ1n) is 8.95. The van der Waals surface area contributed by atoms with Crippen LogP contribution in [-0.2, 0) is 19.1 Å². The minimum atomic E-state index is -6.26. The van der Waals surface area contributed by atoms with E-state index in [1.54, 1.807) is 20.8 Å². The number of aliphatic hydroxyl groups is 1. The summed E-state index contributed by atoms with van der Waals surface area (Å²) in [5, 5.41) is 9.81. The van der Waals surface area contributed by atoms with E-state index in [0.29, 0.717) is 5.56 Å². The zero-order valence-corrected chi connectivity index (χ0v) is 17.7. The SMILES string of the molecule is CC(C)(C)OC(O)C#Cc1ccc2c3c(cccc13)C(=O)N(OS(=O)(=O)C(F)(F)F)C2=O. The lowest BCUT2D eigenvalue weighted by molar-refractivity contribution is -0.132. The van der Waals surface area contributed by atoms with Crippen molar-refractivity contribution in [2.24, 2.45) is 0 Å². The molecule has 12 heteroatoms. The van der Waals surface area contributed by atoms with Gasteiger partial charge in [0.15, 0.2) is 0 Å². The Morgan fingerprint density at radius 2 is 1.62 bits per heavy atom. The van der Waals surface area contributed by atoms with Gasteiger partial charge in [-0.1, -0.05) is 18.1 Å². The molecular formula is C20H16F3NO7S. The molecule has 1 atom stereocenters. The van der Waals surface area contributed by atoms with Gasteiger partial charge < -0.3 is 9.84 Å². The average molecular weight is 471 g/mol. The number of aliphatic hydroxyl groups excluding tert-OH is 1. The Bertz CT molecular complexity index is 1260. The fourth-order valence-electron chi connectivity index (χ4n) is 2.90. The molecule has 170 valence electrons. The highest BCUT2D eigenvalue weighted by Crippen LogP contribution is 2.34. The van der Waals surface area contributed by atoms with Gasteiger partial charge in [0.05, 0.1) is 16.7 Å². The van der Waals surface area contributed by atoms with E-state index in [2.05, 4.69) is 16.1 Å². The molecule has 1 unspecified atom stereocenters. The van der Waals surface area contributed by atoms with Crippen molar-refractivity contribution in [3.05, 3.63) is 47.0 Å². The summed E-state index contributed by atoms with van der Waals surface area (Å²) in [5.41, 5.74) is -6.74. The van der Waals surface area contributed by atoms with Gasteiger partial charge in [-0.25, -0.2) is 0 Å². The molecule has 0 saturated heterocycles. The number of carbonyl (C=O) groups excluding carboxylic acids is 2. The second kappa shape index (κ2) is 7.86. The zero-order valence-electron chi connectivity index (χ0n) is 16.9. The molecule has 8 nitrogen and oxygen atoms in total. The van der Waals surface area contributed by atoms with Gasteiger partial charge in [0.25, 0.3) is 11.8 Å². The summed E-state index contributed by atoms with van der Waals surface area (Å²) in [7, 11) is -6.26. The summed E-state index contributed by atoms with van der Waals surface area (Å²) >= 11 is 0. The predicted molar refractivity (Wildman–Crippen MR) is 104 cm³/mol. The second-order valence-electron chi connectivity index (χ2n) is 7.62. The van der Waals surface area contributed by atoms with Crippen molar-refractivity contribution >= 4 is 32.7 Å². The Balaban J connectivity index is 2.07. The van der Waals surface area contributed by atoms with E-state index in [1.165, 1.54) is 24.3 Å². The first-order chi connectivity index (χ1) is 14.6. The minimum absolute atomic E-state index is 0.0600. The van der Waals surface area contributed by atoms with Crippen LogP contribution in [0, 0.1) is 11.8 Å². The second-order valence-corrected chi connectivity index (χ2v) is 9.14. The molecule has 32 heavy (non-hydrogen) atoms. The number of hydrogen-bond donors (Lipinski definition) is 1. The molecule has 2 amide bonds. The van der Waals surface area contributed by atoms with Crippen LogP contribution < -0.4 is 0 Å². The molecular weight excluding hydrogens is 455 g/mol. The van der Waals surface area contributed by atoms with Crippen molar-refractivity contribution in [2.75, 3.05) is 0 Å². The molecule has 0 bridgehead atoms. The largest absolute Gasteiger partial charge is 0.525 e. The molecule has 2 aromatic carbocycles. The number of hydroxylamine groups is 2. The van der Waals surface area contributed by atoms with Crippen molar-refractivity contribution in [1.82, 2.24) is 5.06 Å². The van der Waals surface area contributed by atoms with Crippen molar-refractivity contribution in [3.8, 4) is 11.8 Å². The van der Waals surface area contributed by atoms with E-state index in [0.717, 1.165) is 6.07 Å². The predicted octanol–water partition coefficient (Wildman–Crippen LogP) is 2.70. The lowest BCUT2D eigenvalue weighted by Crippen LogP contribution is -2.44. The molecule has 0 saturated carbocycles. The Kier molecular flexibility index (Phi) is 5.82. The van der Waals surface area contributed by atoms with Crippen molar-refractivity contribution in [1.29, 1.82) is 0 Å². The summed E-state index contributed by atoms with van der Waals surface area (Å²) in [5.74, 6) is 2.38. The highest BCUT2D eigenvalue weighted by Gasteiger charge is 2.51. The molecule has 2 aromatic rings. The molecule has 1 N–H and O–H groups in total. The summed E-state index contributed by atoms with van der Waals surface area (Å²) in [6, 6.07) is 6.58. The van der Waals surface area contributed by atoms with Crippen LogP contribution in [0.25, 0.3) is 10.8 Å². The molecule has 0 radical (unpaired) electrons. The fourth-order valence-corrected chi connectivity index (χ4v) is 3.31. The number of rotatable bonds is 3. The molecule has 1 heterocycles. The molecule has 3 rings (SSSR count). The number of benzene rings is 2. The van der Waals surface area contributed by atoms with Gasteiger partial charge in [0.1, 0.15) is 0 Å².